The first-order valence-electron chi connectivity index (χ1n) is 9.77. The third-order valence-corrected chi connectivity index (χ3v) is 7.43. The van der Waals surface area contributed by atoms with Crippen molar-refractivity contribution >= 4 is 32.4 Å². The van der Waals surface area contributed by atoms with E-state index in [4.69, 9.17) is 0 Å². The topological polar surface area (TPSA) is 101 Å². The van der Waals surface area contributed by atoms with Crippen molar-refractivity contribution in [3.05, 3.63) is 107 Å². The number of nitrogens with one attached hydrogen (secondary N) is 2. The molecule has 4 aromatic rings. The highest BCUT2D eigenvalue weighted by molar-refractivity contribution is 7.91. The van der Waals surface area contributed by atoms with E-state index in [2.05, 4.69) is 20.2 Å². The summed E-state index contributed by atoms with van der Waals surface area (Å²) in [6.45, 7) is 1.93. The first-order valence-corrected chi connectivity index (χ1v) is 12.1. The minimum atomic E-state index is -4.01. The van der Waals surface area contributed by atoms with Gasteiger partial charge in [-0.05, 0) is 35.7 Å². The van der Waals surface area contributed by atoms with Gasteiger partial charge in [-0.3, -0.25) is 10.1 Å². The highest BCUT2D eigenvalue weighted by Gasteiger charge is 2.27. The van der Waals surface area contributed by atoms with Crippen molar-refractivity contribution in [2.45, 2.75) is 17.3 Å². The van der Waals surface area contributed by atoms with E-state index in [-0.39, 0.29) is 15.4 Å². The Morgan fingerprint density at radius 3 is 2.19 bits per heavy atom. The average Bonchev–Trinajstić information content (AvgIpc) is 3.29. The predicted octanol–water partition coefficient (Wildman–Crippen LogP) is 4.17. The Labute approximate surface area is 190 Å². The molecule has 1 unspecified atom stereocenters. The molecule has 0 saturated carbocycles. The highest BCUT2D eigenvalue weighted by Crippen LogP contribution is 2.28. The fourth-order valence-electron chi connectivity index (χ4n) is 3.20. The molecule has 162 valence electrons. The van der Waals surface area contributed by atoms with E-state index in [9.17, 15) is 13.2 Å². The van der Waals surface area contributed by atoms with Crippen LogP contribution in [0.15, 0.2) is 89.3 Å². The third kappa shape index (κ3) is 4.91. The van der Waals surface area contributed by atoms with E-state index in [1.807, 2.05) is 61.5 Å². The van der Waals surface area contributed by atoms with Crippen LogP contribution in [0.2, 0.25) is 0 Å². The summed E-state index contributed by atoms with van der Waals surface area (Å²) in [5.41, 5.74) is 3.03. The normalized spacial score (nSPS) is 12.3. The zero-order valence-corrected chi connectivity index (χ0v) is 18.7. The van der Waals surface area contributed by atoms with Gasteiger partial charge in [0.05, 0.1) is 6.04 Å². The molecule has 0 aliphatic carbocycles. The molecular formula is C23H20N4O3S2. The minimum absolute atomic E-state index is 0.103. The number of aryl methyl sites for hydroxylation is 1. The van der Waals surface area contributed by atoms with Crippen molar-refractivity contribution in [1.82, 2.24) is 14.9 Å². The second kappa shape index (κ2) is 9.39. The quantitative estimate of drug-likeness (QED) is 0.400. The summed E-state index contributed by atoms with van der Waals surface area (Å²) in [4.78, 5) is 12.3. The van der Waals surface area contributed by atoms with E-state index >= 15 is 0 Å². The van der Waals surface area contributed by atoms with Gasteiger partial charge in [-0.25, -0.2) is 8.42 Å². The number of benzene rings is 3. The number of rotatable bonds is 7. The number of amides is 1. The van der Waals surface area contributed by atoms with Crippen LogP contribution in [0.1, 0.15) is 33.1 Å². The van der Waals surface area contributed by atoms with Gasteiger partial charge < -0.3 is 0 Å². The molecule has 32 heavy (non-hydrogen) atoms. The Morgan fingerprint density at radius 1 is 0.875 bits per heavy atom. The number of hydrogen-bond acceptors (Lipinski definition) is 6. The maximum atomic E-state index is 13.2. The molecule has 0 radical (unpaired) electrons. The zero-order valence-electron chi connectivity index (χ0n) is 17.1. The first kappa shape index (κ1) is 21.8. The fourth-order valence-corrected chi connectivity index (χ4v) is 5.32. The lowest BCUT2D eigenvalue weighted by atomic mass is 9.96. The number of sulfonamides is 1. The van der Waals surface area contributed by atoms with Crippen LogP contribution in [0.4, 0.5) is 5.13 Å². The summed E-state index contributed by atoms with van der Waals surface area (Å²) in [7, 11) is -4.01. The summed E-state index contributed by atoms with van der Waals surface area (Å²) >= 11 is 0.795. The summed E-state index contributed by atoms with van der Waals surface area (Å²) < 4.78 is 28.8. The average molecular weight is 465 g/mol. The van der Waals surface area contributed by atoms with Crippen LogP contribution >= 0.6 is 11.3 Å². The molecule has 1 amide bonds. The standard InChI is InChI=1S/C23H20N4O3S2/c1-16-10-8-9-15-19(16)20(17-11-4-2-5-12-17)27-32(29,30)23-26-25-22(31-23)24-21(28)18-13-6-3-7-14-18/h2-15,20,27H,1H3,(H,24,25,28). The Morgan fingerprint density at radius 2 is 1.50 bits per heavy atom. The largest absolute Gasteiger partial charge is 0.296 e. The number of anilines is 1. The van der Waals surface area contributed by atoms with Crippen molar-refractivity contribution in [3.8, 4) is 0 Å². The molecule has 1 atom stereocenters. The molecule has 3 aromatic carbocycles. The molecule has 1 heterocycles. The summed E-state index contributed by atoms with van der Waals surface area (Å²) in [5.74, 6) is -0.388. The van der Waals surface area contributed by atoms with Crippen LogP contribution in [0.3, 0.4) is 0 Å². The van der Waals surface area contributed by atoms with Gasteiger partial charge in [0, 0.05) is 5.56 Å². The lowest BCUT2D eigenvalue weighted by molar-refractivity contribution is 0.102. The van der Waals surface area contributed by atoms with Crippen molar-refractivity contribution in [3.63, 3.8) is 0 Å². The van der Waals surface area contributed by atoms with Gasteiger partial charge in [0.25, 0.3) is 15.9 Å². The van der Waals surface area contributed by atoms with Crippen LogP contribution in [0.25, 0.3) is 0 Å². The number of carbonyl (C=O) groups is 1. The third-order valence-electron chi connectivity index (χ3n) is 4.80. The van der Waals surface area contributed by atoms with Gasteiger partial charge in [-0.1, -0.05) is 84.1 Å². The number of nitrogens with zero attached hydrogens (tertiary/aromatic N) is 2. The second-order valence-electron chi connectivity index (χ2n) is 7.01. The van der Waals surface area contributed by atoms with Crippen molar-refractivity contribution in [1.29, 1.82) is 0 Å². The number of aromatic nitrogens is 2. The molecule has 2 N–H and O–H groups in total. The number of carbonyl (C=O) groups excluding carboxylic acids is 1. The molecule has 4 rings (SSSR count). The minimum Gasteiger partial charge on any atom is -0.296 e. The summed E-state index contributed by atoms with van der Waals surface area (Å²) in [6, 6.07) is 24.9. The van der Waals surface area contributed by atoms with E-state index < -0.39 is 16.1 Å². The van der Waals surface area contributed by atoms with E-state index in [1.54, 1.807) is 30.3 Å². The Hall–Kier alpha value is -3.40. The molecule has 0 saturated heterocycles. The Balaban J connectivity index is 1.60. The molecule has 0 aliphatic rings. The van der Waals surface area contributed by atoms with Gasteiger partial charge in [-0.15, -0.1) is 10.2 Å². The van der Waals surface area contributed by atoms with Crippen LogP contribution in [-0.2, 0) is 10.0 Å². The number of hydrogen-bond donors (Lipinski definition) is 2. The fraction of sp³-hybridized carbons (Fsp3) is 0.0870. The lowest BCUT2D eigenvalue weighted by Crippen LogP contribution is -2.30. The second-order valence-corrected chi connectivity index (χ2v) is 9.88. The monoisotopic (exact) mass is 464 g/mol. The molecule has 0 fully saturated rings. The van der Waals surface area contributed by atoms with Crippen LogP contribution in [-0.4, -0.2) is 24.5 Å². The zero-order chi connectivity index (χ0) is 22.6. The molecule has 9 heteroatoms. The predicted molar refractivity (Wildman–Crippen MR) is 124 cm³/mol. The van der Waals surface area contributed by atoms with Crippen LogP contribution in [0.5, 0.6) is 0 Å². The smallest absolute Gasteiger partial charge is 0.270 e. The van der Waals surface area contributed by atoms with Crippen LogP contribution in [0, 0.1) is 6.92 Å². The summed E-state index contributed by atoms with van der Waals surface area (Å²) in [6.07, 6.45) is 0. The van der Waals surface area contributed by atoms with Gasteiger partial charge in [0.15, 0.2) is 0 Å². The highest BCUT2D eigenvalue weighted by atomic mass is 32.2. The molecular weight excluding hydrogens is 444 g/mol. The van der Waals surface area contributed by atoms with Gasteiger partial charge >= 0.3 is 0 Å². The lowest BCUT2D eigenvalue weighted by Gasteiger charge is -2.20. The van der Waals surface area contributed by atoms with E-state index in [0.29, 0.717) is 5.56 Å². The van der Waals surface area contributed by atoms with E-state index in [1.165, 1.54) is 0 Å². The van der Waals surface area contributed by atoms with Crippen molar-refractivity contribution in [2.75, 3.05) is 5.32 Å². The SMILES string of the molecule is Cc1ccccc1C(NS(=O)(=O)c1nnc(NC(=O)c2ccccc2)s1)c1ccccc1. The first-order chi connectivity index (χ1) is 15.4. The Bertz CT molecular complexity index is 1320. The van der Waals surface area contributed by atoms with Crippen molar-refractivity contribution in [2.24, 2.45) is 0 Å². The van der Waals surface area contributed by atoms with Crippen LogP contribution < -0.4 is 10.0 Å². The summed E-state index contributed by atoms with van der Waals surface area (Å²) in [5, 5.41) is 10.3. The van der Waals surface area contributed by atoms with E-state index in [0.717, 1.165) is 28.0 Å². The maximum Gasteiger partial charge on any atom is 0.270 e. The molecule has 0 aliphatic heterocycles. The Kier molecular flexibility index (Phi) is 6.40. The van der Waals surface area contributed by atoms with Crippen molar-refractivity contribution < 1.29 is 13.2 Å². The molecule has 7 nitrogen and oxygen atoms in total. The molecule has 1 aromatic heterocycles. The van der Waals surface area contributed by atoms with Gasteiger partial charge in [-0.2, -0.15) is 4.72 Å². The molecule has 0 bridgehead atoms. The van der Waals surface area contributed by atoms with Gasteiger partial charge in [0.1, 0.15) is 0 Å². The molecule has 0 spiro atoms. The maximum absolute atomic E-state index is 13.2. The van der Waals surface area contributed by atoms with Gasteiger partial charge in [0.2, 0.25) is 9.47 Å².